The highest BCUT2D eigenvalue weighted by atomic mass is 32.1. The molecule has 2 aromatic rings. The Balaban J connectivity index is 2.08. The molecule has 2 rings (SSSR count). The number of anilines is 1. The summed E-state index contributed by atoms with van der Waals surface area (Å²) in [5.41, 5.74) is 7.91. The molecule has 0 aliphatic carbocycles. The van der Waals surface area contributed by atoms with Crippen molar-refractivity contribution >= 4 is 22.9 Å². The summed E-state index contributed by atoms with van der Waals surface area (Å²) in [6.07, 6.45) is 0.570. The molecule has 0 unspecified atom stereocenters. The molecule has 0 radical (unpaired) electrons. The Kier molecular flexibility index (Phi) is 5.11. The van der Waals surface area contributed by atoms with E-state index in [1.165, 1.54) is 6.07 Å². The highest BCUT2D eigenvalue weighted by Gasteiger charge is 2.07. The maximum absolute atomic E-state index is 13.6. The number of rotatable bonds is 6. The van der Waals surface area contributed by atoms with Gasteiger partial charge in [0, 0.05) is 23.9 Å². The van der Waals surface area contributed by atoms with Gasteiger partial charge in [-0.15, -0.1) is 0 Å². The number of benzene rings is 2. The zero-order chi connectivity index (χ0) is 15.2. The third-order valence-electron chi connectivity index (χ3n) is 3.16. The van der Waals surface area contributed by atoms with Crippen molar-refractivity contribution in [2.24, 2.45) is 5.73 Å². The first-order chi connectivity index (χ1) is 10.1. The van der Waals surface area contributed by atoms with E-state index in [1.807, 2.05) is 18.2 Å². The maximum Gasteiger partial charge on any atom is 0.126 e. The van der Waals surface area contributed by atoms with Gasteiger partial charge in [-0.3, -0.25) is 0 Å². The van der Waals surface area contributed by atoms with E-state index in [4.69, 9.17) is 22.7 Å². The Bertz CT molecular complexity index is 646. The Labute approximate surface area is 128 Å². The van der Waals surface area contributed by atoms with E-state index in [0.717, 1.165) is 11.3 Å². The van der Waals surface area contributed by atoms with Crippen LogP contribution in [-0.4, -0.2) is 18.6 Å². The second-order valence-corrected chi connectivity index (χ2v) is 4.98. The van der Waals surface area contributed by atoms with Gasteiger partial charge in [-0.05, 0) is 30.2 Å². The number of nitrogens with one attached hydrogen (secondary N) is 1. The lowest BCUT2D eigenvalue weighted by Crippen LogP contribution is -2.15. The summed E-state index contributed by atoms with van der Waals surface area (Å²) in [4.78, 5) is 0.311. The third-order valence-corrected chi connectivity index (χ3v) is 3.38. The summed E-state index contributed by atoms with van der Waals surface area (Å²) in [7, 11) is 1.60. The quantitative estimate of drug-likeness (QED) is 0.805. The first-order valence-corrected chi connectivity index (χ1v) is 6.97. The van der Waals surface area contributed by atoms with E-state index < -0.39 is 0 Å². The van der Waals surface area contributed by atoms with Crippen LogP contribution in [0.3, 0.4) is 0 Å². The van der Waals surface area contributed by atoms with E-state index in [-0.39, 0.29) is 5.82 Å². The minimum Gasteiger partial charge on any atom is -0.497 e. The normalized spacial score (nSPS) is 10.2. The minimum absolute atomic E-state index is 0.195. The van der Waals surface area contributed by atoms with E-state index in [2.05, 4.69) is 5.32 Å². The zero-order valence-electron chi connectivity index (χ0n) is 11.7. The fourth-order valence-corrected chi connectivity index (χ4v) is 2.22. The first-order valence-electron chi connectivity index (χ1n) is 6.57. The summed E-state index contributed by atoms with van der Waals surface area (Å²) in [6.45, 7) is 0.573. The molecular formula is C16H17FN2OS. The third kappa shape index (κ3) is 3.92. The molecule has 0 fully saturated rings. The van der Waals surface area contributed by atoms with Crippen LogP contribution < -0.4 is 15.8 Å². The summed E-state index contributed by atoms with van der Waals surface area (Å²) >= 11 is 5.03. The summed E-state index contributed by atoms with van der Waals surface area (Å²) in [6, 6.07) is 12.2. The second-order valence-electron chi connectivity index (χ2n) is 4.54. The van der Waals surface area contributed by atoms with Crippen LogP contribution in [0.5, 0.6) is 5.75 Å². The molecule has 0 atom stereocenters. The molecule has 3 N–H and O–H groups in total. The van der Waals surface area contributed by atoms with Crippen LogP contribution in [0, 0.1) is 5.82 Å². The number of methoxy groups -OCH3 is 1. The predicted octanol–water partition coefficient (Wildman–Crippen LogP) is 3.12. The molecule has 5 heteroatoms. The number of hydrogen-bond donors (Lipinski definition) is 2. The van der Waals surface area contributed by atoms with Gasteiger partial charge in [0.05, 0.1) is 7.11 Å². The lowest BCUT2D eigenvalue weighted by Gasteiger charge is -2.13. The molecule has 110 valence electrons. The van der Waals surface area contributed by atoms with Crippen molar-refractivity contribution in [1.82, 2.24) is 0 Å². The van der Waals surface area contributed by atoms with Crippen LogP contribution >= 0.6 is 12.2 Å². The monoisotopic (exact) mass is 304 g/mol. The van der Waals surface area contributed by atoms with Crippen LogP contribution in [0.15, 0.2) is 42.5 Å². The molecule has 21 heavy (non-hydrogen) atoms. The molecule has 3 nitrogen and oxygen atoms in total. The van der Waals surface area contributed by atoms with Crippen LogP contribution in [0.25, 0.3) is 0 Å². The average Bonchev–Trinajstić information content (AvgIpc) is 2.48. The lowest BCUT2D eigenvalue weighted by atomic mass is 10.1. The van der Waals surface area contributed by atoms with Crippen molar-refractivity contribution in [3.63, 3.8) is 0 Å². The molecule has 0 aliphatic rings. The molecule has 0 heterocycles. The van der Waals surface area contributed by atoms with Gasteiger partial charge in [-0.25, -0.2) is 4.39 Å². The average molecular weight is 304 g/mol. The van der Waals surface area contributed by atoms with Crippen molar-refractivity contribution in [2.75, 3.05) is 19.0 Å². The summed E-state index contributed by atoms with van der Waals surface area (Å²) in [5, 5.41) is 3.23. The molecule has 0 saturated heterocycles. The molecule has 0 spiro atoms. The summed E-state index contributed by atoms with van der Waals surface area (Å²) < 4.78 is 18.7. The van der Waals surface area contributed by atoms with Crippen LogP contribution in [-0.2, 0) is 6.42 Å². The van der Waals surface area contributed by atoms with Crippen molar-refractivity contribution < 1.29 is 9.13 Å². The van der Waals surface area contributed by atoms with Gasteiger partial charge in [-0.2, -0.15) is 0 Å². The fraction of sp³-hybridized carbons (Fsp3) is 0.188. The molecule has 0 saturated carbocycles. The molecule has 0 aromatic heterocycles. The highest BCUT2D eigenvalue weighted by molar-refractivity contribution is 7.80. The van der Waals surface area contributed by atoms with Crippen LogP contribution in [0.4, 0.5) is 10.1 Å². The smallest absolute Gasteiger partial charge is 0.126 e. The SMILES string of the molecule is COc1ccc(C(N)=S)c(NCCc2ccccc2F)c1. The van der Waals surface area contributed by atoms with Crippen molar-refractivity contribution in [1.29, 1.82) is 0 Å². The maximum atomic E-state index is 13.6. The number of halogens is 1. The molecule has 2 aromatic carbocycles. The summed E-state index contributed by atoms with van der Waals surface area (Å²) in [5.74, 6) is 0.517. The van der Waals surface area contributed by atoms with Gasteiger partial charge in [0.1, 0.15) is 16.6 Å². The van der Waals surface area contributed by atoms with E-state index in [1.54, 1.807) is 25.3 Å². The minimum atomic E-state index is -0.195. The molecule has 0 bridgehead atoms. The van der Waals surface area contributed by atoms with E-state index in [0.29, 0.717) is 29.3 Å². The Morgan fingerprint density at radius 2 is 2.05 bits per heavy atom. The van der Waals surface area contributed by atoms with Gasteiger partial charge in [0.15, 0.2) is 0 Å². The number of ether oxygens (including phenoxy) is 1. The Morgan fingerprint density at radius 1 is 1.29 bits per heavy atom. The Hall–Kier alpha value is -2.14. The highest BCUT2D eigenvalue weighted by Crippen LogP contribution is 2.22. The van der Waals surface area contributed by atoms with Crippen molar-refractivity contribution in [2.45, 2.75) is 6.42 Å². The number of nitrogens with two attached hydrogens (primary N) is 1. The molecular weight excluding hydrogens is 287 g/mol. The topological polar surface area (TPSA) is 47.3 Å². The standard InChI is InChI=1S/C16H17FN2OS/c1-20-12-6-7-13(16(18)21)15(10-12)19-9-8-11-4-2-3-5-14(11)17/h2-7,10,19H,8-9H2,1H3,(H2,18,21). The molecule has 0 amide bonds. The lowest BCUT2D eigenvalue weighted by molar-refractivity contribution is 0.415. The van der Waals surface area contributed by atoms with Crippen molar-refractivity contribution in [3.05, 3.63) is 59.4 Å². The van der Waals surface area contributed by atoms with Gasteiger partial charge in [-0.1, -0.05) is 30.4 Å². The van der Waals surface area contributed by atoms with Gasteiger partial charge < -0.3 is 15.8 Å². The van der Waals surface area contributed by atoms with Crippen molar-refractivity contribution in [3.8, 4) is 5.75 Å². The van der Waals surface area contributed by atoms with Crippen LogP contribution in [0.2, 0.25) is 0 Å². The van der Waals surface area contributed by atoms with E-state index >= 15 is 0 Å². The van der Waals surface area contributed by atoms with Gasteiger partial charge in [0.2, 0.25) is 0 Å². The largest absolute Gasteiger partial charge is 0.497 e. The second kappa shape index (κ2) is 7.04. The van der Waals surface area contributed by atoms with Crippen LogP contribution in [0.1, 0.15) is 11.1 Å². The van der Waals surface area contributed by atoms with Gasteiger partial charge >= 0.3 is 0 Å². The fourth-order valence-electron chi connectivity index (χ4n) is 2.04. The van der Waals surface area contributed by atoms with E-state index in [9.17, 15) is 4.39 Å². The number of hydrogen-bond acceptors (Lipinski definition) is 3. The predicted molar refractivity (Wildman–Crippen MR) is 87.5 cm³/mol. The number of thiocarbonyl (C=S) groups is 1. The Morgan fingerprint density at radius 3 is 2.71 bits per heavy atom. The molecule has 0 aliphatic heterocycles. The first kappa shape index (κ1) is 15.3. The van der Waals surface area contributed by atoms with Gasteiger partial charge in [0.25, 0.3) is 0 Å². The zero-order valence-corrected chi connectivity index (χ0v) is 12.5.